The van der Waals surface area contributed by atoms with Crippen LogP contribution in [0.25, 0.3) is 0 Å². The predicted octanol–water partition coefficient (Wildman–Crippen LogP) is 8.85. The minimum Gasteiger partial charge on any atom is -0.462 e. The lowest BCUT2D eigenvalue weighted by atomic mass is 9.85. The third kappa shape index (κ3) is 33.6. The second-order valence-electron chi connectivity index (χ2n) is 17.0. The molecule has 1 saturated carbocycles. The maximum absolute atomic E-state index is 13.1. The fourth-order valence-corrected chi connectivity index (χ4v) is 9.40. The third-order valence-electron chi connectivity index (χ3n) is 10.9. The van der Waals surface area contributed by atoms with Crippen LogP contribution >= 0.6 is 23.5 Å². The van der Waals surface area contributed by atoms with Crippen LogP contribution in [-0.4, -0.2) is 108 Å². The van der Waals surface area contributed by atoms with E-state index in [2.05, 4.69) is 47.2 Å². The molecular formula is C45H83O19P3. The number of aliphatic hydroxyl groups excluding tert-OH is 3. The molecule has 392 valence electrons. The van der Waals surface area contributed by atoms with Gasteiger partial charge in [-0.15, -0.1) is 0 Å². The van der Waals surface area contributed by atoms with E-state index in [1.54, 1.807) is 0 Å². The van der Waals surface area contributed by atoms with Crippen LogP contribution in [0.15, 0.2) is 36.5 Å². The first-order valence-corrected chi connectivity index (χ1v) is 28.8. The van der Waals surface area contributed by atoms with E-state index in [4.69, 9.17) is 18.5 Å². The van der Waals surface area contributed by atoms with Crippen molar-refractivity contribution in [3.05, 3.63) is 36.5 Å². The smallest absolute Gasteiger partial charge is 0.462 e. The number of hydrogen-bond acceptors (Lipinski definition) is 14. The van der Waals surface area contributed by atoms with Gasteiger partial charge in [-0.05, 0) is 44.9 Å². The second kappa shape index (κ2) is 37.2. The zero-order valence-electron chi connectivity index (χ0n) is 39.7. The van der Waals surface area contributed by atoms with Crippen molar-refractivity contribution in [1.29, 1.82) is 0 Å². The molecule has 0 aromatic heterocycles. The Morgan fingerprint density at radius 3 is 1.37 bits per heavy atom. The van der Waals surface area contributed by atoms with Gasteiger partial charge in [0, 0.05) is 12.8 Å². The largest absolute Gasteiger partial charge is 0.472 e. The number of phosphoric acid groups is 3. The Hall–Kier alpha value is -1.63. The zero-order chi connectivity index (χ0) is 50.0. The molecule has 0 bridgehead atoms. The first-order chi connectivity index (χ1) is 31.8. The van der Waals surface area contributed by atoms with Gasteiger partial charge < -0.3 is 49.3 Å². The number of phosphoric ester groups is 3. The number of allylic oxidation sites excluding steroid dienone is 6. The van der Waals surface area contributed by atoms with Crippen LogP contribution in [0, 0.1) is 0 Å². The van der Waals surface area contributed by atoms with Gasteiger partial charge in [-0.3, -0.25) is 27.7 Å². The molecule has 0 aromatic carbocycles. The lowest BCUT2D eigenvalue weighted by Gasteiger charge is -2.44. The van der Waals surface area contributed by atoms with E-state index in [0.717, 1.165) is 44.9 Å². The molecule has 0 spiro atoms. The minimum absolute atomic E-state index is 0.0720. The Balaban J connectivity index is 2.76. The van der Waals surface area contributed by atoms with E-state index < -0.39 is 91.3 Å². The first kappa shape index (κ1) is 63.4. The van der Waals surface area contributed by atoms with Crippen molar-refractivity contribution in [2.75, 3.05) is 13.2 Å². The van der Waals surface area contributed by atoms with Crippen molar-refractivity contribution >= 4 is 35.4 Å². The number of ether oxygens (including phenoxy) is 2. The molecule has 8 N–H and O–H groups in total. The fourth-order valence-electron chi connectivity index (χ4n) is 7.31. The average Bonchev–Trinajstić information content (AvgIpc) is 3.25. The van der Waals surface area contributed by atoms with Crippen LogP contribution in [0.1, 0.15) is 181 Å². The van der Waals surface area contributed by atoms with Gasteiger partial charge in [0.1, 0.15) is 43.2 Å². The van der Waals surface area contributed by atoms with Gasteiger partial charge in [-0.1, -0.05) is 159 Å². The summed E-state index contributed by atoms with van der Waals surface area (Å²) < 4.78 is 65.4. The van der Waals surface area contributed by atoms with Crippen LogP contribution in [0.2, 0.25) is 0 Å². The lowest BCUT2D eigenvalue weighted by molar-refractivity contribution is -0.213. The molecule has 8 unspecified atom stereocenters. The first-order valence-electron chi connectivity index (χ1n) is 24.3. The summed E-state index contributed by atoms with van der Waals surface area (Å²) in [5.41, 5.74) is 0. The summed E-state index contributed by atoms with van der Waals surface area (Å²) in [5, 5.41) is 31.9. The van der Waals surface area contributed by atoms with Gasteiger partial charge in [0.05, 0.1) is 6.61 Å². The van der Waals surface area contributed by atoms with Gasteiger partial charge in [0.15, 0.2) is 6.10 Å². The molecule has 1 fully saturated rings. The van der Waals surface area contributed by atoms with Crippen LogP contribution in [-0.2, 0) is 50.9 Å². The highest BCUT2D eigenvalue weighted by Crippen LogP contribution is 2.51. The molecule has 0 aromatic rings. The van der Waals surface area contributed by atoms with Crippen molar-refractivity contribution < 1.29 is 90.6 Å². The van der Waals surface area contributed by atoms with E-state index in [1.807, 2.05) is 12.2 Å². The van der Waals surface area contributed by atoms with Crippen LogP contribution in [0.4, 0.5) is 0 Å². The van der Waals surface area contributed by atoms with Crippen LogP contribution < -0.4 is 0 Å². The van der Waals surface area contributed by atoms with Crippen molar-refractivity contribution in [2.24, 2.45) is 0 Å². The molecule has 0 saturated heterocycles. The summed E-state index contributed by atoms with van der Waals surface area (Å²) in [7, 11) is -16.6. The second-order valence-corrected chi connectivity index (χ2v) is 20.8. The fraction of sp³-hybridized carbons (Fsp3) is 0.822. The molecule has 0 heterocycles. The summed E-state index contributed by atoms with van der Waals surface area (Å²) in [6.45, 7) is 2.90. The minimum atomic E-state index is -5.60. The lowest BCUT2D eigenvalue weighted by Crippen LogP contribution is -2.65. The monoisotopic (exact) mass is 1020 g/mol. The highest BCUT2D eigenvalue weighted by molar-refractivity contribution is 7.47. The number of carbonyl (C=O) groups is 2. The Morgan fingerprint density at radius 2 is 0.881 bits per heavy atom. The molecule has 1 aliphatic carbocycles. The summed E-state index contributed by atoms with van der Waals surface area (Å²) in [5.74, 6) is -1.35. The zero-order valence-corrected chi connectivity index (χ0v) is 42.4. The molecule has 0 aliphatic heterocycles. The Bertz CT molecular complexity index is 1550. The van der Waals surface area contributed by atoms with E-state index >= 15 is 0 Å². The SMILES string of the molecule is CCCCCCCCC=CCC=CCC=CCCCC(=O)OC(COC(=O)CCCCCCCCCCCCCCC)COP(=O)(O)OC1C(O)C(O)C(OP(=O)(O)O)C(OP(=O)(O)O)C1O. The van der Waals surface area contributed by atoms with Gasteiger partial charge in [-0.2, -0.15) is 0 Å². The van der Waals surface area contributed by atoms with E-state index in [1.165, 1.54) is 89.9 Å². The molecule has 0 radical (unpaired) electrons. The Kier molecular flexibility index (Phi) is 35.2. The molecule has 19 nitrogen and oxygen atoms in total. The third-order valence-corrected chi connectivity index (χ3v) is 13.0. The maximum atomic E-state index is 13.1. The van der Waals surface area contributed by atoms with Crippen molar-refractivity contribution in [1.82, 2.24) is 0 Å². The van der Waals surface area contributed by atoms with E-state index in [9.17, 15) is 63.1 Å². The Labute approximate surface area is 398 Å². The number of esters is 2. The molecule has 0 amide bonds. The normalized spacial score (nSPS) is 21.9. The highest BCUT2D eigenvalue weighted by atomic mass is 31.2. The Morgan fingerprint density at radius 1 is 0.478 bits per heavy atom. The van der Waals surface area contributed by atoms with Gasteiger partial charge in [-0.25, -0.2) is 13.7 Å². The van der Waals surface area contributed by atoms with Gasteiger partial charge in [0.2, 0.25) is 0 Å². The standard InChI is InChI=1S/C45H83O19P3/c1-3-5-7-9-11-13-15-17-18-19-20-22-24-26-28-30-32-34-39(47)61-37(35-59-38(46)33-31-29-27-25-23-21-16-14-12-10-8-6-4-2)36-60-67(57,58)64-43-40(48)41(49)44(62-65(51,52)53)45(42(43)50)63-66(54,55)56/h17-18,20,22,26,28,37,40-45,48-50H,3-16,19,21,23-25,27,29-36H2,1-2H3,(H,57,58)(H2,51,52,53)(H2,54,55,56). The predicted molar refractivity (Wildman–Crippen MR) is 252 cm³/mol. The maximum Gasteiger partial charge on any atom is 0.472 e. The van der Waals surface area contributed by atoms with Crippen molar-refractivity contribution in [3.8, 4) is 0 Å². The molecule has 8 atom stereocenters. The highest BCUT2D eigenvalue weighted by Gasteiger charge is 2.56. The summed E-state index contributed by atoms with van der Waals surface area (Å²) in [6.07, 6.45) is 21.7. The van der Waals surface area contributed by atoms with E-state index in [-0.39, 0.29) is 12.8 Å². The van der Waals surface area contributed by atoms with Crippen LogP contribution in [0.3, 0.4) is 0 Å². The summed E-state index contributed by atoms with van der Waals surface area (Å²) >= 11 is 0. The number of carbonyl (C=O) groups excluding carboxylic acids is 2. The molecule has 1 rings (SSSR count). The quantitative estimate of drug-likeness (QED) is 0.0123. The summed E-state index contributed by atoms with van der Waals surface area (Å²) in [4.78, 5) is 73.2. The molecular weight excluding hydrogens is 937 g/mol. The van der Waals surface area contributed by atoms with E-state index in [0.29, 0.717) is 19.3 Å². The van der Waals surface area contributed by atoms with Gasteiger partial charge >= 0.3 is 35.4 Å². The number of rotatable bonds is 41. The van der Waals surface area contributed by atoms with Crippen LogP contribution in [0.5, 0.6) is 0 Å². The average molecular weight is 1020 g/mol. The van der Waals surface area contributed by atoms with Crippen molar-refractivity contribution in [3.63, 3.8) is 0 Å². The number of unbranched alkanes of at least 4 members (excludes halogenated alkanes) is 19. The van der Waals surface area contributed by atoms with Crippen molar-refractivity contribution in [2.45, 2.75) is 224 Å². The molecule has 1 aliphatic rings. The number of aliphatic hydroxyl groups is 3. The molecule has 22 heteroatoms. The number of hydrogen-bond donors (Lipinski definition) is 8. The summed E-state index contributed by atoms with van der Waals surface area (Å²) in [6, 6.07) is 0. The topological polar surface area (TPSA) is 303 Å². The molecule has 67 heavy (non-hydrogen) atoms. The van der Waals surface area contributed by atoms with Gasteiger partial charge in [0.25, 0.3) is 0 Å².